The predicted molar refractivity (Wildman–Crippen MR) is 44.1 cm³/mol. The van der Waals surface area contributed by atoms with Crippen LogP contribution in [-0.2, 0) is 0 Å². The Hall–Kier alpha value is -1.72. The van der Waals surface area contributed by atoms with E-state index in [-0.39, 0.29) is 11.3 Å². The summed E-state index contributed by atoms with van der Waals surface area (Å²) >= 11 is 0. The zero-order valence-corrected chi connectivity index (χ0v) is 7.29. The van der Waals surface area contributed by atoms with E-state index in [9.17, 15) is 13.6 Å². The number of aromatic nitrogens is 1. The average molecular weight is 202 g/mol. The highest BCUT2D eigenvalue weighted by molar-refractivity contribution is 5.96. The number of carbonyl (C=O) groups is 1. The highest BCUT2D eigenvalue weighted by Crippen LogP contribution is 2.27. The molecule has 1 aromatic rings. The molecule has 1 rings (SSSR count). The van der Waals surface area contributed by atoms with Gasteiger partial charge in [0.25, 0.3) is 12.3 Å². The molecule has 0 unspecified atom stereocenters. The van der Waals surface area contributed by atoms with Crippen LogP contribution < -0.4 is 5.73 Å². The smallest absolute Gasteiger partial charge is 0.281 e. The molecule has 0 atom stereocenters. The summed E-state index contributed by atoms with van der Waals surface area (Å²) in [5.41, 5.74) is 3.80. The molecule has 0 spiro atoms. The Kier molecular flexibility index (Phi) is 2.64. The van der Waals surface area contributed by atoms with Gasteiger partial charge in [-0.15, -0.1) is 0 Å². The van der Waals surface area contributed by atoms with Crippen LogP contribution in [0.25, 0.3) is 0 Å². The number of primary amides is 1. The van der Waals surface area contributed by atoms with Gasteiger partial charge in [-0.2, -0.15) is 0 Å². The Morgan fingerprint density at radius 1 is 1.64 bits per heavy atom. The van der Waals surface area contributed by atoms with Crippen LogP contribution in [-0.4, -0.2) is 16.0 Å². The van der Waals surface area contributed by atoms with E-state index in [0.29, 0.717) is 0 Å². The Labute approximate surface area is 78.4 Å². The lowest BCUT2D eigenvalue weighted by Gasteiger charge is -2.08. The summed E-state index contributed by atoms with van der Waals surface area (Å²) in [6.07, 6.45) is -2.03. The zero-order chi connectivity index (χ0) is 10.9. The van der Waals surface area contributed by atoms with Gasteiger partial charge in [0.1, 0.15) is 11.4 Å². The number of carbonyl (C=O) groups excluding carboxylic acids is 1. The molecule has 0 radical (unpaired) electrons. The normalized spacial score (nSPS) is 10.6. The van der Waals surface area contributed by atoms with Crippen molar-refractivity contribution in [2.75, 3.05) is 0 Å². The standard InChI is InChI=1S/C8H8F2N2O2/c1-3-4(13)2-12-6(7(9)10)5(3)8(11)14/h2,7,13H,1H3,(H2,11,14). The van der Waals surface area contributed by atoms with Crippen LogP contribution in [0.3, 0.4) is 0 Å². The topological polar surface area (TPSA) is 76.2 Å². The van der Waals surface area contributed by atoms with Crippen molar-refractivity contribution in [3.8, 4) is 5.75 Å². The fourth-order valence-corrected chi connectivity index (χ4v) is 1.09. The second kappa shape index (κ2) is 3.57. The maximum atomic E-state index is 12.3. The number of nitrogens with zero attached hydrogens (tertiary/aromatic N) is 1. The molecule has 0 saturated heterocycles. The molecule has 0 aromatic carbocycles. The Balaban J connectivity index is 3.45. The van der Waals surface area contributed by atoms with Gasteiger partial charge in [0, 0.05) is 5.56 Å². The molecule has 0 aliphatic carbocycles. The van der Waals surface area contributed by atoms with Gasteiger partial charge in [0.2, 0.25) is 0 Å². The zero-order valence-electron chi connectivity index (χ0n) is 7.29. The molecule has 76 valence electrons. The van der Waals surface area contributed by atoms with Gasteiger partial charge in [-0.3, -0.25) is 9.78 Å². The van der Waals surface area contributed by atoms with E-state index in [4.69, 9.17) is 10.8 Å². The van der Waals surface area contributed by atoms with Gasteiger partial charge in [-0.25, -0.2) is 8.78 Å². The van der Waals surface area contributed by atoms with Crippen LogP contribution in [0.1, 0.15) is 28.0 Å². The van der Waals surface area contributed by atoms with Crippen molar-refractivity contribution < 1.29 is 18.7 Å². The summed E-state index contributed by atoms with van der Waals surface area (Å²) in [5.74, 6) is -1.36. The number of nitrogens with two attached hydrogens (primary N) is 1. The monoisotopic (exact) mass is 202 g/mol. The SMILES string of the molecule is Cc1c(O)cnc(C(F)F)c1C(N)=O. The Morgan fingerprint density at radius 3 is 2.64 bits per heavy atom. The molecule has 1 heterocycles. The number of hydrogen-bond donors (Lipinski definition) is 2. The highest BCUT2D eigenvalue weighted by Gasteiger charge is 2.22. The van der Waals surface area contributed by atoms with E-state index in [1.165, 1.54) is 6.92 Å². The maximum Gasteiger partial charge on any atom is 0.281 e. The van der Waals surface area contributed by atoms with Crippen LogP contribution in [0.5, 0.6) is 5.75 Å². The van der Waals surface area contributed by atoms with Crippen LogP contribution in [0.2, 0.25) is 0 Å². The van der Waals surface area contributed by atoms with Gasteiger partial charge in [-0.05, 0) is 6.92 Å². The second-order valence-electron chi connectivity index (χ2n) is 2.69. The first-order chi connectivity index (χ1) is 6.45. The van der Waals surface area contributed by atoms with Gasteiger partial charge < -0.3 is 10.8 Å². The highest BCUT2D eigenvalue weighted by atomic mass is 19.3. The number of aromatic hydroxyl groups is 1. The molecule has 14 heavy (non-hydrogen) atoms. The Bertz CT molecular complexity index is 380. The van der Waals surface area contributed by atoms with E-state index < -0.39 is 23.6 Å². The van der Waals surface area contributed by atoms with E-state index in [0.717, 1.165) is 6.20 Å². The van der Waals surface area contributed by atoms with Crippen LogP contribution in [0.4, 0.5) is 8.78 Å². The molecular weight excluding hydrogens is 194 g/mol. The van der Waals surface area contributed by atoms with Crippen LogP contribution in [0.15, 0.2) is 6.20 Å². The fraction of sp³-hybridized carbons (Fsp3) is 0.250. The van der Waals surface area contributed by atoms with Crippen molar-refractivity contribution in [2.45, 2.75) is 13.3 Å². The predicted octanol–water partition coefficient (Wildman–Crippen LogP) is 1.13. The van der Waals surface area contributed by atoms with Gasteiger partial charge in [0.15, 0.2) is 0 Å². The molecule has 0 aliphatic rings. The van der Waals surface area contributed by atoms with Crippen molar-refractivity contribution in [3.05, 3.63) is 23.0 Å². The van der Waals surface area contributed by atoms with Crippen molar-refractivity contribution in [3.63, 3.8) is 0 Å². The molecule has 0 fully saturated rings. The first kappa shape index (κ1) is 10.4. The molecule has 4 nitrogen and oxygen atoms in total. The maximum absolute atomic E-state index is 12.3. The van der Waals surface area contributed by atoms with Gasteiger partial charge >= 0.3 is 0 Å². The molecule has 0 aliphatic heterocycles. The van der Waals surface area contributed by atoms with E-state index in [1.807, 2.05) is 0 Å². The summed E-state index contributed by atoms with van der Waals surface area (Å²) in [6, 6.07) is 0. The number of amides is 1. The lowest BCUT2D eigenvalue weighted by molar-refractivity contribution is 0.0981. The summed E-state index contributed by atoms with van der Waals surface area (Å²) < 4.78 is 24.7. The number of hydrogen-bond acceptors (Lipinski definition) is 3. The number of rotatable bonds is 2. The molecule has 0 bridgehead atoms. The minimum Gasteiger partial charge on any atom is -0.506 e. The summed E-state index contributed by atoms with van der Waals surface area (Å²) in [7, 11) is 0. The lowest BCUT2D eigenvalue weighted by atomic mass is 10.1. The lowest BCUT2D eigenvalue weighted by Crippen LogP contribution is -2.17. The number of halogens is 2. The molecule has 1 amide bonds. The van der Waals surface area contributed by atoms with Crippen LogP contribution >= 0.6 is 0 Å². The summed E-state index contributed by atoms with van der Waals surface area (Å²) in [5, 5.41) is 9.14. The van der Waals surface area contributed by atoms with Crippen molar-refractivity contribution in [1.29, 1.82) is 0 Å². The minimum absolute atomic E-state index is 0.0165. The van der Waals surface area contributed by atoms with E-state index >= 15 is 0 Å². The average Bonchev–Trinajstić information content (AvgIpc) is 2.08. The first-order valence-corrected chi connectivity index (χ1v) is 3.71. The molecule has 1 aromatic heterocycles. The first-order valence-electron chi connectivity index (χ1n) is 3.71. The van der Waals surface area contributed by atoms with Crippen molar-refractivity contribution in [1.82, 2.24) is 4.98 Å². The summed E-state index contributed by atoms with van der Waals surface area (Å²) in [6.45, 7) is 1.32. The largest absolute Gasteiger partial charge is 0.506 e. The number of alkyl halides is 2. The van der Waals surface area contributed by atoms with Crippen molar-refractivity contribution >= 4 is 5.91 Å². The van der Waals surface area contributed by atoms with Gasteiger partial charge in [-0.1, -0.05) is 0 Å². The minimum atomic E-state index is -2.89. The van der Waals surface area contributed by atoms with Crippen molar-refractivity contribution in [2.24, 2.45) is 5.73 Å². The fourth-order valence-electron chi connectivity index (χ4n) is 1.09. The third kappa shape index (κ3) is 1.63. The second-order valence-corrected chi connectivity index (χ2v) is 2.69. The van der Waals surface area contributed by atoms with E-state index in [1.54, 1.807) is 0 Å². The Morgan fingerprint density at radius 2 is 2.21 bits per heavy atom. The summed E-state index contributed by atoms with van der Waals surface area (Å²) in [4.78, 5) is 14.1. The third-order valence-corrected chi connectivity index (χ3v) is 1.79. The van der Waals surface area contributed by atoms with Crippen LogP contribution in [0, 0.1) is 6.92 Å². The molecule has 0 saturated carbocycles. The molecular formula is C8H8F2N2O2. The van der Waals surface area contributed by atoms with E-state index in [2.05, 4.69) is 4.98 Å². The van der Waals surface area contributed by atoms with Gasteiger partial charge in [0.05, 0.1) is 11.8 Å². The molecule has 6 heteroatoms. The quantitative estimate of drug-likeness (QED) is 0.754. The number of pyridine rings is 1. The molecule has 3 N–H and O–H groups in total. The third-order valence-electron chi connectivity index (χ3n) is 1.79.